The minimum absolute atomic E-state index is 0.0864. The predicted molar refractivity (Wildman–Crippen MR) is 73.4 cm³/mol. The van der Waals surface area contributed by atoms with E-state index in [0.29, 0.717) is 5.69 Å². The molecule has 5 heteroatoms. The summed E-state index contributed by atoms with van der Waals surface area (Å²) in [4.78, 5) is 24.7. The molecule has 1 rings (SSSR count). The van der Waals surface area contributed by atoms with Gasteiger partial charge in [-0.1, -0.05) is 12.1 Å². The SMILES string of the molecule is CC(C)N(C)C(=O)COC(=O)Cc1ccc(N)cc1. The average Bonchev–Trinajstić information content (AvgIpc) is 2.37. The summed E-state index contributed by atoms with van der Waals surface area (Å²) in [5.41, 5.74) is 7.00. The highest BCUT2D eigenvalue weighted by Gasteiger charge is 2.14. The number of nitrogen functional groups attached to an aromatic ring is 1. The molecule has 1 aromatic rings. The normalized spacial score (nSPS) is 10.3. The highest BCUT2D eigenvalue weighted by atomic mass is 16.5. The van der Waals surface area contributed by atoms with Crippen LogP contribution in [0.5, 0.6) is 0 Å². The molecule has 0 aliphatic heterocycles. The number of nitrogens with two attached hydrogens (primary N) is 1. The third-order valence-corrected chi connectivity index (χ3v) is 2.85. The van der Waals surface area contributed by atoms with E-state index in [2.05, 4.69) is 0 Å². The van der Waals surface area contributed by atoms with Gasteiger partial charge in [-0.25, -0.2) is 0 Å². The molecule has 0 radical (unpaired) electrons. The van der Waals surface area contributed by atoms with Crippen molar-refractivity contribution in [2.45, 2.75) is 26.3 Å². The number of ether oxygens (including phenoxy) is 1. The number of carbonyl (C=O) groups excluding carboxylic acids is 2. The number of carbonyl (C=O) groups is 2. The second-order valence-electron chi connectivity index (χ2n) is 4.68. The first-order valence-corrected chi connectivity index (χ1v) is 6.16. The van der Waals surface area contributed by atoms with E-state index in [1.807, 2.05) is 13.8 Å². The molecular weight excluding hydrogens is 244 g/mol. The Morgan fingerprint density at radius 3 is 2.37 bits per heavy atom. The minimum Gasteiger partial charge on any atom is -0.455 e. The Labute approximate surface area is 113 Å². The molecule has 0 atom stereocenters. The molecule has 0 saturated heterocycles. The van der Waals surface area contributed by atoms with Crippen LogP contribution in [-0.2, 0) is 20.7 Å². The number of likely N-dealkylation sites (N-methyl/N-ethyl adjacent to an activating group) is 1. The Morgan fingerprint density at radius 2 is 1.84 bits per heavy atom. The van der Waals surface area contributed by atoms with Crippen molar-refractivity contribution in [3.8, 4) is 0 Å². The number of nitrogens with zero attached hydrogens (tertiary/aromatic N) is 1. The molecule has 0 aliphatic carbocycles. The third-order valence-electron chi connectivity index (χ3n) is 2.85. The first-order valence-electron chi connectivity index (χ1n) is 6.16. The zero-order valence-corrected chi connectivity index (χ0v) is 11.6. The van der Waals surface area contributed by atoms with Gasteiger partial charge in [0.15, 0.2) is 6.61 Å². The van der Waals surface area contributed by atoms with Crippen molar-refractivity contribution in [1.82, 2.24) is 4.90 Å². The van der Waals surface area contributed by atoms with Crippen LogP contribution in [0.1, 0.15) is 19.4 Å². The Kier molecular flexibility index (Phi) is 5.36. The van der Waals surface area contributed by atoms with Crippen LogP contribution in [-0.4, -0.2) is 36.5 Å². The van der Waals surface area contributed by atoms with Gasteiger partial charge in [0.25, 0.3) is 5.91 Å². The number of hydrogen-bond donors (Lipinski definition) is 1. The standard InChI is InChI=1S/C14H20N2O3/c1-10(2)16(3)13(17)9-19-14(18)8-11-4-6-12(15)7-5-11/h4-7,10H,8-9,15H2,1-3H3. The fraction of sp³-hybridized carbons (Fsp3) is 0.429. The van der Waals surface area contributed by atoms with Crippen LogP contribution in [0.3, 0.4) is 0 Å². The van der Waals surface area contributed by atoms with Gasteiger partial charge >= 0.3 is 5.97 Å². The van der Waals surface area contributed by atoms with Crippen molar-refractivity contribution in [2.24, 2.45) is 0 Å². The van der Waals surface area contributed by atoms with Crippen molar-refractivity contribution >= 4 is 17.6 Å². The van der Waals surface area contributed by atoms with Crippen LogP contribution < -0.4 is 5.73 Å². The molecule has 1 amide bonds. The van der Waals surface area contributed by atoms with E-state index >= 15 is 0 Å². The molecule has 0 aliphatic rings. The van der Waals surface area contributed by atoms with Crippen LogP contribution in [0.25, 0.3) is 0 Å². The maximum Gasteiger partial charge on any atom is 0.310 e. The number of amides is 1. The van der Waals surface area contributed by atoms with Crippen LogP contribution >= 0.6 is 0 Å². The van der Waals surface area contributed by atoms with Crippen molar-refractivity contribution in [3.05, 3.63) is 29.8 Å². The van der Waals surface area contributed by atoms with Gasteiger partial charge in [-0.2, -0.15) is 0 Å². The van der Waals surface area contributed by atoms with Crippen molar-refractivity contribution in [3.63, 3.8) is 0 Å². The fourth-order valence-electron chi connectivity index (χ4n) is 1.39. The van der Waals surface area contributed by atoms with E-state index in [1.165, 1.54) is 4.90 Å². The van der Waals surface area contributed by atoms with Crippen LogP contribution in [0, 0.1) is 0 Å². The molecule has 0 spiro atoms. The first-order chi connectivity index (χ1) is 8.90. The van der Waals surface area contributed by atoms with Gasteiger partial charge in [-0.3, -0.25) is 9.59 Å². The molecule has 0 aromatic heterocycles. The molecule has 0 heterocycles. The maximum atomic E-state index is 11.6. The summed E-state index contributed by atoms with van der Waals surface area (Å²) < 4.78 is 4.95. The average molecular weight is 264 g/mol. The van der Waals surface area contributed by atoms with E-state index < -0.39 is 5.97 Å². The summed E-state index contributed by atoms with van der Waals surface area (Å²) in [6.45, 7) is 3.57. The van der Waals surface area contributed by atoms with Gasteiger partial charge in [0, 0.05) is 18.8 Å². The molecule has 0 bridgehead atoms. The van der Waals surface area contributed by atoms with Gasteiger partial charge in [-0.15, -0.1) is 0 Å². The summed E-state index contributed by atoms with van der Waals surface area (Å²) in [5, 5.41) is 0. The Balaban J connectivity index is 2.40. The largest absolute Gasteiger partial charge is 0.455 e. The summed E-state index contributed by atoms with van der Waals surface area (Å²) in [6, 6.07) is 7.06. The third kappa shape index (κ3) is 4.99. The fourth-order valence-corrected chi connectivity index (χ4v) is 1.39. The molecular formula is C14H20N2O3. The second-order valence-corrected chi connectivity index (χ2v) is 4.68. The molecule has 0 fully saturated rings. The number of rotatable bonds is 5. The van der Waals surface area contributed by atoms with Gasteiger partial charge < -0.3 is 15.4 Å². The summed E-state index contributed by atoms with van der Waals surface area (Å²) in [5.74, 6) is -0.629. The van der Waals surface area contributed by atoms with Crippen molar-refractivity contribution in [2.75, 3.05) is 19.4 Å². The second kappa shape index (κ2) is 6.78. The molecule has 0 unspecified atom stereocenters. The monoisotopic (exact) mass is 264 g/mol. The predicted octanol–water partition coefficient (Wildman–Crippen LogP) is 1.22. The van der Waals surface area contributed by atoms with Crippen LogP contribution in [0.15, 0.2) is 24.3 Å². The zero-order chi connectivity index (χ0) is 14.4. The lowest BCUT2D eigenvalue weighted by Gasteiger charge is -2.21. The minimum atomic E-state index is -0.421. The smallest absolute Gasteiger partial charge is 0.310 e. The van der Waals surface area contributed by atoms with Crippen LogP contribution in [0.4, 0.5) is 5.69 Å². The number of anilines is 1. The Morgan fingerprint density at radius 1 is 1.26 bits per heavy atom. The van der Waals surface area contributed by atoms with E-state index in [0.717, 1.165) is 5.56 Å². The highest BCUT2D eigenvalue weighted by molar-refractivity contribution is 5.81. The van der Waals surface area contributed by atoms with E-state index in [-0.39, 0.29) is 25.0 Å². The summed E-state index contributed by atoms with van der Waals surface area (Å²) in [6.07, 6.45) is 0.138. The van der Waals surface area contributed by atoms with Gasteiger partial charge in [0.05, 0.1) is 6.42 Å². The van der Waals surface area contributed by atoms with E-state index in [4.69, 9.17) is 10.5 Å². The number of esters is 1. The lowest BCUT2D eigenvalue weighted by molar-refractivity contribution is -0.151. The van der Waals surface area contributed by atoms with Crippen LogP contribution in [0.2, 0.25) is 0 Å². The molecule has 5 nitrogen and oxygen atoms in total. The summed E-state index contributed by atoms with van der Waals surface area (Å²) >= 11 is 0. The van der Waals surface area contributed by atoms with E-state index in [1.54, 1.807) is 31.3 Å². The first kappa shape index (κ1) is 15.0. The molecule has 0 saturated carbocycles. The maximum absolute atomic E-state index is 11.6. The Bertz CT molecular complexity index is 441. The molecule has 1 aromatic carbocycles. The van der Waals surface area contributed by atoms with Gasteiger partial charge in [0.2, 0.25) is 0 Å². The summed E-state index contributed by atoms with van der Waals surface area (Å²) in [7, 11) is 1.68. The topological polar surface area (TPSA) is 72.6 Å². The zero-order valence-electron chi connectivity index (χ0n) is 11.6. The van der Waals surface area contributed by atoms with Gasteiger partial charge in [-0.05, 0) is 31.5 Å². The number of benzene rings is 1. The lowest BCUT2D eigenvalue weighted by Crippen LogP contribution is -2.36. The lowest BCUT2D eigenvalue weighted by atomic mass is 10.1. The van der Waals surface area contributed by atoms with Crippen molar-refractivity contribution in [1.29, 1.82) is 0 Å². The van der Waals surface area contributed by atoms with Crippen molar-refractivity contribution < 1.29 is 14.3 Å². The van der Waals surface area contributed by atoms with Gasteiger partial charge in [0.1, 0.15) is 0 Å². The molecule has 104 valence electrons. The highest BCUT2D eigenvalue weighted by Crippen LogP contribution is 2.06. The molecule has 19 heavy (non-hydrogen) atoms. The van der Waals surface area contributed by atoms with E-state index in [9.17, 15) is 9.59 Å². The molecule has 2 N–H and O–H groups in total. The number of hydrogen-bond acceptors (Lipinski definition) is 4. The quantitative estimate of drug-likeness (QED) is 0.641. The Hall–Kier alpha value is -2.04.